The molecule has 0 fully saturated rings. The highest BCUT2D eigenvalue weighted by molar-refractivity contribution is 6.31. The van der Waals surface area contributed by atoms with Gasteiger partial charge in [-0.1, -0.05) is 23.7 Å². The van der Waals surface area contributed by atoms with Crippen LogP contribution in [-0.4, -0.2) is 20.3 Å². The number of ether oxygens (including phenoxy) is 1. The molecule has 5 heteroatoms. The summed E-state index contributed by atoms with van der Waals surface area (Å²) in [5, 5.41) is 4.01. The summed E-state index contributed by atoms with van der Waals surface area (Å²) in [6.45, 7) is 4.20. The van der Waals surface area contributed by atoms with Gasteiger partial charge < -0.3 is 14.5 Å². The maximum absolute atomic E-state index is 6.12. The number of halogens is 2. The third-order valence-electron chi connectivity index (χ3n) is 2.98. The van der Waals surface area contributed by atoms with Gasteiger partial charge in [0.2, 0.25) is 0 Å². The average molecular weight is 316 g/mol. The first-order chi connectivity index (χ1) is 9.22. The number of hydrogen-bond donors (Lipinski definition) is 1. The van der Waals surface area contributed by atoms with Gasteiger partial charge in [0.1, 0.15) is 11.5 Å². The fourth-order valence-electron chi connectivity index (χ4n) is 1.88. The lowest BCUT2D eigenvalue weighted by molar-refractivity contribution is 0.198. The molecule has 1 heterocycles. The Hall–Kier alpha value is -1.000. The summed E-state index contributed by atoms with van der Waals surface area (Å²) < 4.78 is 10.8. The Kier molecular flexibility index (Phi) is 7.10. The van der Waals surface area contributed by atoms with Crippen LogP contribution in [0.25, 0.3) is 11.3 Å². The molecule has 0 aliphatic carbocycles. The average Bonchev–Trinajstić information content (AvgIpc) is 2.87. The number of hydrogen-bond acceptors (Lipinski definition) is 3. The van der Waals surface area contributed by atoms with Crippen LogP contribution >= 0.6 is 24.0 Å². The van der Waals surface area contributed by atoms with Crippen molar-refractivity contribution < 1.29 is 9.15 Å². The zero-order valence-electron chi connectivity index (χ0n) is 11.6. The Morgan fingerprint density at radius 1 is 1.25 bits per heavy atom. The second-order valence-electron chi connectivity index (χ2n) is 4.35. The van der Waals surface area contributed by atoms with E-state index in [4.69, 9.17) is 20.8 Å². The van der Waals surface area contributed by atoms with Crippen LogP contribution in [0, 0.1) is 6.92 Å². The SMILES string of the molecule is COCCNCc1ccc(-c2cccc(Cl)c2C)o1.Cl. The predicted octanol–water partition coefficient (Wildman–Crippen LogP) is 4.07. The lowest BCUT2D eigenvalue weighted by atomic mass is 10.1. The molecule has 0 aliphatic rings. The van der Waals surface area contributed by atoms with Gasteiger partial charge in [0.05, 0.1) is 13.2 Å². The molecule has 1 aromatic heterocycles. The summed E-state index contributed by atoms with van der Waals surface area (Å²) in [6.07, 6.45) is 0. The molecule has 0 spiro atoms. The van der Waals surface area contributed by atoms with Crippen LogP contribution in [0.2, 0.25) is 5.02 Å². The van der Waals surface area contributed by atoms with E-state index in [0.29, 0.717) is 13.2 Å². The molecule has 1 aromatic carbocycles. The molecule has 0 saturated carbocycles. The molecule has 20 heavy (non-hydrogen) atoms. The summed E-state index contributed by atoms with van der Waals surface area (Å²) in [4.78, 5) is 0. The summed E-state index contributed by atoms with van der Waals surface area (Å²) in [5.41, 5.74) is 2.08. The van der Waals surface area contributed by atoms with Crippen LogP contribution < -0.4 is 5.32 Å². The van der Waals surface area contributed by atoms with Gasteiger partial charge >= 0.3 is 0 Å². The van der Waals surface area contributed by atoms with Crippen molar-refractivity contribution >= 4 is 24.0 Å². The first kappa shape index (κ1) is 17.1. The van der Waals surface area contributed by atoms with Gasteiger partial charge in [-0.15, -0.1) is 12.4 Å². The Balaban J connectivity index is 0.00000200. The standard InChI is InChI=1S/C15H18ClNO2.ClH/c1-11-13(4-3-5-14(11)16)15-7-6-12(19-15)10-17-8-9-18-2;/h3-7,17H,8-10H2,1-2H3;1H. The van der Waals surface area contributed by atoms with Crippen LogP contribution in [0.5, 0.6) is 0 Å². The molecule has 0 unspecified atom stereocenters. The normalized spacial score (nSPS) is 10.3. The minimum Gasteiger partial charge on any atom is -0.460 e. The zero-order valence-corrected chi connectivity index (χ0v) is 13.2. The van der Waals surface area contributed by atoms with Gasteiger partial charge in [0.15, 0.2) is 0 Å². The van der Waals surface area contributed by atoms with Crippen molar-refractivity contribution in [3.63, 3.8) is 0 Å². The summed E-state index contributed by atoms with van der Waals surface area (Å²) in [6, 6.07) is 9.80. The number of benzene rings is 1. The topological polar surface area (TPSA) is 34.4 Å². The van der Waals surface area contributed by atoms with E-state index in [-0.39, 0.29) is 12.4 Å². The molecule has 110 valence electrons. The summed E-state index contributed by atoms with van der Waals surface area (Å²) in [7, 11) is 1.69. The number of rotatable bonds is 6. The Labute approximate surface area is 130 Å². The van der Waals surface area contributed by atoms with E-state index in [2.05, 4.69) is 5.32 Å². The third kappa shape index (κ3) is 4.25. The number of nitrogens with one attached hydrogen (secondary N) is 1. The van der Waals surface area contributed by atoms with Crippen molar-refractivity contribution in [2.75, 3.05) is 20.3 Å². The van der Waals surface area contributed by atoms with Crippen LogP contribution in [0.4, 0.5) is 0 Å². The molecule has 0 radical (unpaired) electrons. The fourth-order valence-corrected chi connectivity index (χ4v) is 2.05. The molecule has 1 N–H and O–H groups in total. The minimum absolute atomic E-state index is 0. The van der Waals surface area contributed by atoms with Crippen molar-refractivity contribution in [1.29, 1.82) is 0 Å². The largest absolute Gasteiger partial charge is 0.460 e. The minimum atomic E-state index is 0. The molecule has 0 amide bonds. The summed E-state index contributed by atoms with van der Waals surface area (Å²) in [5.74, 6) is 1.76. The lowest BCUT2D eigenvalue weighted by Crippen LogP contribution is -2.18. The van der Waals surface area contributed by atoms with Gasteiger partial charge in [0, 0.05) is 24.2 Å². The van der Waals surface area contributed by atoms with E-state index in [1.165, 1.54) is 0 Å². The van der Waals surface area contributed by atoms with Gasteiger partial charge in [-0.25, -0.2) is 0 Å². The second kappa shape index (κ2) is 8.32. The molecule has 2 aromatic rings. The highest BCUT2D eigenvalue weighted by atomic mass is 35.5. The zero-order chi connectivity index (χ0) is 13.7. The quantitative estimate of drug-likeness (QED) is 0.816. The van der Waals surface area contributed by atoms with E-state index in [1.54, 1.807) is 7.11 Å². The van der Waals surface area contributed by atoms with Crippen molar-refractivity contribution in [2.24, 2.45) is 0 Å². The number of methoxy groups -OCH3 is 1. The highest BCUT2D eigenvalue weighted by Crippen LogP contribution is 2.29. The van der Waals surface area contributed by atoms with Crippen LogP contribution in [-0.2, 0) is 11.3 Å². The molecule has 3 nitrogen and oxygen atoms in total. The first-order valence-electron chi connectivity index (χ1n) is 6.26. The maximum atomic E-state index is 6.12. The van der Waals surface area contributed by atoms with Crippen molar-refractivity contribution in [3.05, 3.63) is 46.7 Å². The molecular formula is C15H19Cl2NO2. The van der Waals surface area contributed by atoms with Crippen LogP contribution in [0.3, 0.4) is 0 Å². The monoisotopic (exact) mass is 315 g/mol. The van der Waals surface area contributed by atoms with Crippen LogP contribution in [0.1, 0.15) is 11.3 Å². The van der Waals surface area contributed by atoms with Crippen molar-refractivity contribution in [1.82, 2.24) is 5.32 Å². The Morgan fingerprint density at radius 3 is 2.80 bits per heavy atom. The molecular weight excluding hydrogens is 297 g/mol. The van der Waals surface area contributed by atoms with E-state index in [1.807, 2.05) is 37.3 Å². The Bertz CT molecular complexity index is 540. The Morgan fingerprint density at radius 2 is 2.05 bits per heavy atom. The number of furan rings is 1. The maximum Gasteiger partial charge on any atom is 0.134 e. The molecule has 0 aliphatic heterocycles. The summed E-state index contributed by atoms with van der Waals surface area (Å²) >= 11 is 6.12. The second-order valence-corrected chi connectivity index (χ2v) is 4.76. The predicted molar refractivity (Wildman–Crippen MR) is 84.7 cm³/mol. The van der Waals surface area contributed by atoms with Crippen molar-refractivity contribution in [2.45, 2.75) is 13.5 Å². The van der Waals surface area contributed by atoms with Gasteiger partial charge in [-0.2, -0.15) is 0 Å². The van der Waals surface area contributed by atoms with E-state index >= 15 is 0 Å². The van der Waals surface area contributed by atoms with Gasteiger partial charge in [-0.3, -0.25) is 0 Å². The molecule has 2 rings (SSSR count). The van der Waals surface area contributed by atoms with E-state index in [9.17, 15) is 0 Å². The fraction of sp³-hybridized carbons (Fsp3) is 0.333. The van der Waals surface area contributed by atoms with Crippen molar-refractivity contribution in [3.8, 4) is 11.3 Å². The third-order valence-corrected chi connectivity index (χ3v) is 3.39. The van der Waals surface area contributed by atoms with Crippen LogP contribution in [0.15, 0.2) is 34.7 Å². The lowest BCUT2D eigenvalue weighted by Gasteiger charge is -2.04. The smallest absolute Gasteiger partial charge is 0.134 e. The molecule has 0 atom stereocenters. The molecule has 0 bridgehead atoms. The van der Waals surface area contributed by atoms with E-state index < -0.39 is 0 Å². The molecule has 0 saturated heterocycles. The van der Waals surface area contributed by atoms with Gasteiger partial charge in [-0.05, 0) is 30.7 Å². The highest BCUT2D eigenvalue weighted by Gasteiger charge is 2.09. The van der Waals surface area contributed by atoms with E-state index in [0.717, 1.165) is 34.2 Å². The van der Waals surface area contributed by atoms with Gasteiger partial charge in [0.25, 0.3) is 0 Å². The first-order valence-corrected chi connectivity index (χ1v) is 6.64.